The molecule has 0 amide bonds. The maximum atomic E-state index is 8.63. The summed E-state index contributed by atoms with van der Waals surface area (Å²) in [6.07, 6.45) is 1.03. The third kappa shape index (κ3) is 18.1. The Hall–Kier alpha value is -1.88. The summed E-state index contributed by atoms with van der Waals surface area (Å²) < 4.78 is 0. The minimum atomic E-state index is 0.105. The van der Waals surface area contributed by atoms with E-state index in [1.54, 1.807) is 0 Å². The molecule has 200 valence electrons. The van der Waals surface area contributed by atoms with E-state index in [1.807, 2.05) is 52.1 Å². The van der Waals surface area contributed by atoms with Crippen LogP contribution in [0.5, 0.6) is 0 Å². The van der Waals surface area contributed by atoms with Crippen molar-refractivity contribution < 1.29 is 10.2 Å². The highest BCUT2D eigenvalue weighted by atomic mass is 16.3. The van der Waals surface area contributed by atoms with Gasteiger partial charge in [0.2, 0.25) is 0 Å². The second-order valence-corrected chi connectivity index (χ2v) is 9.16. The second-order valence-electron chi connectivity index (χ2n) is 9.16. The summed E-state index contributed by atoms with van der Waals surface area (Å²) >= 11 is 0. The van der Waals surface area contributed by atoms with Gasteiger partial charge in [0.1, 0.15) is 0 Å². The Morgan fingerprint density at radius 2 is 0.886 bits per heavy atom. The van der Waals surface area contributed by atoms with Crippen molar-refractivity contribution in [3.63, 3.8) is 0 Å². The van der Waals surface area contributed by atoms with E-state index in [9.17, 15) is 0 Å². The second kappa shape index (κ2) is 20.3. The van der Waals surface area contributed by atoms with Crippen molar-refractivity contribution >= 4 is 0 Å². The fourth-order valence-corrected chi connectivity index (χ4v) is 3.20. The zero-order valence-electron chi connectivity index (χ0n) is 23.3. The lowest BCUT2D eigenvalue weighted by atomic mass is 10.0. The van der Waals surface area contributed by atoms with Gasteiger partial charge in [-0.1, -0.05) is 59.7 Å². The SMILES string of the molecule is CNCN(C)CN(C)CO.CNCN(C)CN(C)CO.Cc1ccc(Cc2ccc(C)cc2)cc1. The van der Waals surface area contributed by atoms with Gasteiger partial charge in [0.05, 0.1) is 26.8 Å². The smallest absolute Gasteiger partial charge is 0.0964 e. The van der Waals surface area contributed by atoms with Crippen LogP contribution in [-0.2, 0) is 6.42 Å². The van der Waals surface area contributed by atoms with Gasteiger partial charge in [-0.15, -0.1) is 0 Å². The molecule has 0 atom stereocenters. The van der Waals surface area contributed by atoms with Crippen molar-refractivity contribution in [2.75, 3.05) is 82.4 Å². The zero-order valence-corrected chi connectivity index (χ0v) is 23.3. The highest BCUT2D eigenvalue weighted by Crippen LogP contribution is 2.11. The van der Waals surface area contributed by atoms with E-state index >= 15 is 0 Å². The molecule has 2 rings (SSSR count). The molecule has 8 heteroatoms. The maximum absolute atomic E-state index is 8.63. The Balaban J connectivity index is 0.000000517. The number of rotatable bonds is 12. The number of nitrogens with one attached hydrogen (secondary N) is 2. The molecule has 2 aromatic carbocycles. The molecule has 8 nitrogen and oxygen atoms in total. The van der Waals surface area contributed by atoms with E-state index in [0.717, 1.165) is 33.1 Å². The minimum Gasteiger partial charge on any atom is -0.381 e. The van der Waals surface area contributed by atoms with E-state index in [2.05, 4.69) is 82.8 Å². The number of hydrogen-bond acceptors (Lipinski definition) is 8. The molecule has 0 aliphatic carbocycles. The van der Waals surface area contributed by atoms with Crippen molar-refractivity contribution in [2.45, 2.75) is 20.3 Å². The Morgan fingerprint density at radius 3 is 1.14 bits per heavy atom. The van der Waals surface area contributed by atoms with Crippen LogP contribution in [0.3, 0.4) is 0 Å². The summed E-state index contributed by atoms with van der Waals surface area (Å²) in [5.41, 5.74) is 5.40. The minimum absolute atomic E-state index is 0.105. The molecule has 0 saturated carbocycles. The number of aryl methyl sites for hydroxylation is 2. The monoisotopic (exact) mass is 490 g/mol. The Bertz CT molecular complexity index is 679. The van der Waals surface area contributed by atoms with Crippen LogP contribution >= 0.6 is 0 Å². The average molecular weight is 491 g/mol. The van der Waals surface area contributed by atoms with Crippen molar-refractivity contribution in [1.29, 1.82) is 0 Å². The van der Waals surface area contributed by atoms with Gasteiger partial charge in [0, 0.05) is 13.3 Å². The van der Waals surface area contributed by atoms with Crippen LogP contribution in [0.15, 0.2) is 48.5 Å². The molecule has 0 heterocycles. The third-order valence-corrected chi connectivity index (χ3v) is 4.95. The fourth-order valence-electron chi connectivity index (χ4n) is 3.20. The van der Waals surface area contributed by atoms with Gasteiger partial charge in [-0.05, 0) is 73.7 Å². The Kier molecular flexibility index (Phi) is 19.2. The lowest BCUT2D eigenvalue weighted by Gasteiger charge is -2.21. The molecule has 0 saturated heterocycles. The molecule has 2 aromatic rings. The van der Waals surface area contributed by atoms with Gasteiger partial charge in [-0.25, -0.2) is 0 Å². The lowest BCUT2D eigenvalue weighted by Crippen LogP contribution is -2.37. The molecule has 0 radical (unpaired) electrons. The van der Waals surface area contributed by atoms with Gasteiger partial charge >= 0.3 is 0 Å². The molecule has 0 spiro atoms. The maximum Gasteiger partial charge on any atom is 0.0964 e. The van der Waals surface area contributed by atoms with Gasteiger partial charge in [-0.3, -0.25) is 19.6 Å². The van der Waals surface area contributed by atoms with Crippen molar-refractivity contribution in [1.82, 2.24) is 30.2 Å². The fraction of sp³-hybridized carbons (Fsp3) is 0.556. The first kappa shape index (κ1) is 33.1. The van der Waals surface area contributed by atoms with Gasteiger partial charge < -0.3 is 20.8 Å². The standard InChI is InChI=1S/C15H16.2C6H17N3O/c1-12-3-7-14(8-4-12)11-15-9-5-13(2)6-10-15;2*1-7-4-8(2)5-9(3)6-10/h3-10H,11H2,1-2H3;2*7,10H,4-6H2,1-3H3. The number of nitrogens with zero attached hydrogens (tertiary/aromatic N) is 4. The Labute approximate surface area is 214 Å². The number of aliphatic hydroxyl groups is 2. The first-order chi connectivity index (χ1) is 16.6. The summed E-state index contributed by atoms with van der Waals surface area (Å²) in [5.74, 6) is 0. The van der Waals surface area contributed by atoms with E-state index in [4.69, 9.17) is 10.2 Å². The van der Waals surface area contributed by atoms with Gasteiger partial charge in [0.15, 0.2) is 0 Å². The Morgan fingerprint density at radius 1 is 0.571 bits per heavy atom. The lowest BCUT2D eigenvalue weighted by molar-refractivity contribution is 0.0796. The normalized spacial score (nSPS) is 10.9. The molecular formula is C27H50N6O2. The van der Waals surface area contributed by atoms with Gasteiger partial charge in [0.25, 0.3) is 0 Å². The molecule has 0 aromatic heterocycles. The molecule has 0 aliphatic rings. The van der Waals surface area contributed by atoms with E-state index in [1.165, 1.54) is 22.3 Å². The topological polar surface area (TPSA) is 77.5 Å². The first-order valence-corrected chi connectivity index (χ1v) is 12.0. The molecular weight excluding hydrogens is 440 g/mol. The summed E-state index contributed by atoms with van der Waals surface area (Å²) in [6.45, 7) is 7.68. The molecule has 0 bridgehead atoms. The van der Waals surface area contributed by atoms with Crippen LogP contribution in [0, 0.1) is 13.8 Å². The highest BCUT2D eigenvalue weighted by molar-refractivity contribution is 5.29. The van der Waals surface area contributed by atoms with Crippen molar-refractivity contribution in [3.05, 3.63) is 70.8 Å². The van der Waals surface area contributed by atoms with Crippen LogP contribution in [-0.4, -0.2) is 112 Å². The molecule has 0 aliphatic heterocycles. The van der Waals surface area contributed by atoms with Crippen LogP contribution in [0.25, 0.3) is 0 Å². The van der Waals surface area contributed by atoms with E-state index < -0.39 is 0 Å². The average Bonchev–Trinajstić information content (AvgIpc) is 2.83. The first-order valence-electron chi connectivity index (χ1n) is 12.0. The van der Waals surface area contributed by atoms with Crippen LogP contribution in [0.4, 0.5) is 0 Å². The zero-order chi connectivity index (χ0) is 26.6. The van der Waals surface area contributed by atoms with Crippen LogP contribution in [0.2, 0.25) is 0 Å². The highest BCUT2D eigenvalue weighted by Gasteiger charge is 2.00. The molecule has 35 heavy (non-hydrogen) atoms. The van der Waals surface area contributed by atoms with Crippen molar-refractivity contribution in [3.8, 4) is 0 Å². The predicted octanol–water partition coefficient (Wildman–Crippen LogP) is 1.76. The largest absolute Gasteiger partial charge is 0.381 e. The van der Waals surface area contributed by atoms with E-state index in [-0.39, 0.29) is 13.5 Å². The third-order valence-electron chi connectivity index (χ3n) is 4.95. The van der Waals surface area contributed by atoms with Crippen LogP contribution in [0.1, 0.15) is 22.3 Å². The predicted molar refractivity (Wildman–Crippen MR) is 148 cm³/mol. The summed E-state index contributed by atoms with van der Waals surface area (Å²) in [5, 5.41) is 23.3. The summed E-state index contributed by atoms with van der Waals surface area (Å²) in [7, 11) is 11.5. The number of aliphatic hydroxyl groups excluding tert-OH is 2. The number of hydrogen-bond donors (Lipinski definition) is 4. The van der Waals surface area contributed by atoms with E-state index in [0.29, 0.717) is 0 Å². The molecule has 0 unspecified atom stereocenters. The van der Waals surface area contributed by atoms with Crippen LogP contribution < -0.4 is 10.6 Å². The van der Waals surface area contributed by atoms with Gasteiger partial charge in [-0.2, -0.15) is 0 Å². The molecule has 0 fully saturated rings. The number of benzene rings is 2. The summed E-state index contributed by atoms with van der Waals surface area (Å²) in [6, 6.07) is 17.5. The summed E-state index contributed by atoms with van der Waals surface area (Å²) in [4.78, 5) is 7.76. The van der Waals surface area contributed by atoms with Crippen molar-refractivity contribution in [2.24, 2.45) is 0 Å². The quantitative estimate of drug-likeness (QED) is 0.336. The molecule has 4 N–H and O–H groups in total.